The molecule has 3 amide bonds. The van der Waals surface area contributed by atoms with Gasteiger partial charge in [-0.3, -0.25) is 9.59 Å². The molecule has 142 valence electrons. The molecule has 1 aromatic rings. The zero-order chi connectivity index (χ0) is 19.3. The van der Waals surface area contributed by atoms with Crippen LogP contribution >= 0.6 is 0 Å². The van der Waals surface area contributed by atoms with Crippen molar-refractivity contribution in [2.24, 2.45) is 11.7 Å². The molecule has 1 heterocycles. The first-order chi connectivity index (χ1) is 12.2. The fourth-order valence-electron chi connectivity index (χ4n) is 2.91. The number of piperidine rings is 1. The molecule has 1 fully saturated rings. The summed E-state index contributed by atoms with van der Waals surface area (Å²) in [7, 11) is 0. The highest BCUT2D eigenvalue weighted by molar-refractivity contribution is 5.88. The van der Waals surface area contributed by atoms with Crippen molar-refractivity contribution in [3.63, 3.8) is 0 Å². The Kier molecular flexibility index (Phi) is 6.23. The summed E-state index contributed by atoms with van der Waals surface area (Å²) in [5.41, 5.74) is 5.50. The third-order valence-corrected chi connectivity index (χ3v) is 4.15. The number of carbonyl (C=O) groups excluding carboxylic acids is 3. The van der Waals surface area contributed by atoms with Crippen molar-refractivity contribution in [3.05, 3.63) is 35.9 Å². The summed E-state index contributed by atoms with van der Waals surface area (Å²) < 4.78 is 5.38. The zero-order valence-electron chi connectivity index (χ0n) is 15.5. The Morgan fingerprint density at radius 3 is 2.46 bits per heavy atom. The van der Waals surface area contributed by atoms with Crippen molar-refractivity contribution in [1.82, 2.24) is 10.2 Å². The van der Waals surface area contributed by atoms with E-state index in [1.54, 1.807) is 49.9 Å². The maximum Gasteiger partial charge on any atom is 0.410 e. The molecule has 7 nitrogen and oxygen atoms in total. The van der Waals surface area contributed by atoms with Gasteiger partial charge in [0.15, 0.2) is 0 Å². The van der Waals surface area contributed by atoms with Crippen LogP contribution in [-0.4, -0.2) is 41.5 Å². The Morgan fingerprint density at radius 1 is 1.23 bits per heavy atom. The molecule has 0 radical (unpaired) electrons. The van der Waals surface area contributed by atoms with Gasteiger partial charge in [-0.05, 0) is 39.2 Å². The second-order valence-corrected chi connectivity index (χ2v) is 7.52. The number of rotatable bonds is 4. The molecular weight excluding hydrogens is 334 g/mol. The van der Waals surface area contributed by atoms with Gasteiger partial charge in [0.2, 0.25) is 11.8 Å². The number of benzene rings is 1. The van der Waals surface area contributed by atoms with E-state index in [1.807, 2.05) is 6.07 Å². The lowest BCUT2D eigenvalue weighted by Gasteiger charge is -2.34. The molecule has 1 aromatic carbocycles. The molecule has 0 aromatic heterocycles. The van der Waals surface area contributed by atoms with Crippen LogP contribution in [0.5, 0.6) is 0 Å². The summed E-state index contributed by atoms with van der Waals surface area (Å²) in [6.07, 6.45) is 0.916. The normalized spacial score (nSPS) is 18.7. The van der Waals surface area contributed by atoms with Gasteiger partial charge < -0.3 is 20.7 Å². The number of hydrogen-bond acceptors (Lipinski definition) is 4. The topological polar surface area (TPSA) is 102 Å². The molecule has 2 rings (SSSR count). The Hall–Kier alpha value is -2.57. The molecule has 1 aliphatic heterocycles. The van der Waals surface area contributed by atoms with E-state index in [4.69, 9.17) is 10.5 Å². The van der Waals surface area contributed by atoms with Gasteiger partial charge in [-0.15, -0.1) is 0 Å². The van der Waals surface area contributed by atoms with Crippen LogP contribution in [0.1, 0.15) is 45.2 Å². The summed E-state index contributed by atoms with van der Waals surface area (Å²) in [6, 6.07) is 7.97. The number of nitrogens with one attached hydrogen (secondary N) is 1. The molecule has 0 aliphatic carbocycles. The van der Waals surface area contributed by atoms with Crippen molar-refractivity contribution in [2.75, 3.05) is 13.1 Å². The predicted octanol–water partition coefficient (Wildman–Crippen LogP) is 1.98. The molecule has 0 saturated carbocycles. The van der Waals surface area contributed by atoms with Crippen molar-refractivity contribution in [3.8, 4) is 0 Å². The summed E-state index contributed by atoms with van der Waals surface area (Å²) in [5, 5.41) is 2.72. The minimum atomic E-state index is -0.888. The van der Waals surface area contributed by atoms with E-state index >= 15 is 0 Å². The van der Waals surface area contributed by atoms with Gasteiger partial charge in [0.05, 0.1) is 5.92 Å². The number of carbonyl (C=O) groups is 3. The van der Waals surface area contributed by atoms with Crippen LogP contribution in [0, 0.1) is 5.92 Å². The van der Waals surface area contributed by atoms with Crippen LogP contribution in [0.4, 0.5) is 4.79 Å². The van der Waals surface area contributed by atoms with Crippen LogP contribution < -0.4 is 11.1 Å². The van der Waals surface area contributed by atoms with Crippen molar-refractivity contribution < 1.29 is 19.1 Å². The highest BCUT2D eigenvalue weighted by Crippen LogP contribution is 2.21. The van der Waals surface area contributed by atoms with E-state index in [0.717, 1.165) is 0 Å². The highest BCUT2D eigenvalue weighted by Gasteiger charge is 2.32. The quantitative estimate of drug-likeness (QED) is 0.856. The van der Waals surface area contributed by atoms with Gasteiger partial charge in [-0.1, -0.05) is 30.3 Å². The molecule has 0 unspecified atom stereocenters. The van der Waals surface area contributed by atoms with Gasteiger partial charge >= 0.3 is 6.09 Å². The standard InChI is InChI=1S/C19H27N3O4/c1-19(2,3)26-18(25)22-11-7-10-14(12-22)17(24)21-15(16(20)23)13-8-5-4-6-9-13/h4-6,8-9,14-15H,7,10-12H2,1-3H3,(H2,20,23)(H,21,24)/t14-,15-/m0/s1. The smallest absolute Gasteiger partial charge is 0.410 e. The molecule has 0 spiro atoms. The molecule has 2 atom stereocenters. The van der Waals surface area contributed by atoms with Gasteiger partial charge in [0.1, 0.15) is 11.6 Å². The average molecular weight is 361 g/mol. The van der Waals surface area contributed by atoms with Crippen LogP contribution in [0.3, 0.4) is 0 Å². The number of likely N-dealkylation sites (tertiary alicyclic amines) is 1. The number of primary amides is 1. The fourth-order valence-corrected chi connectivity index (χ4v) is 2.91. The van der Waals surface area contributed by atoms with E-state index in [0.29, 0.717) is 24.9 Å². The summed E-state index contributed by atoms with van der Waals surface area (Å²) in [6.45, 7) is 6.22. The maximum atomic E-state index is 12.6. The Labute approximate surface area is 153 Å². The van der Waals surface area contributed by atoms with E-state index in [9.17, 15) is 14.4 Å². The summed E-state index contributed by atoms with van der Waals surface area (Å²) in [4.78, 5) is 38.2. The first-order valence-corrected chi connectivity index (χ1v) is 8.80. The Morgan fingerprint density at radius 2 is 1.88 bits per heavy atom. The van der Waals surface area contributed by atoms with Gasteiger partial charge in [0, 0.05) is 13.1 Å². The summed E-state index contributed by atoms with van der Waals surface area (Å²) in [5.74, 6) is -1.31. The van der Waals surface area contributed by atoms with Crippen LogP contribution in [-0.2, 0) is 14.3 Å². The number of ether oxygens (including phenoxy) is 1. The van der Waals surface area contributed by atoms with E-state index < -0.39 is 29.6 Å². The minimum absolute atomic E-state index is 0.265. The third-order valence-electron chi connectivity index (χ3n) is 4.15. The lowest BCUT2D eigenvalue weighted by molar-refractivity contribution is -0.131. The molecule has 1 saturated heterocycles. The van der Waals surface area contributed by atoms with E-state index in [2.05, 4.69) is 5.32 Å². The lowest BCUT2D eigenvalue weighted by Crippen LogP contribution is -2.48. The zero-order valence-corrected chi connectivity index (χ0v) is 15.5. The summed E-state index contributed by atoms with van der Waals surface area (Å²) >= 11 is 0. The van der Waals surface area contributed by atoms with E-state index in [1.165, 1.54) is 0 Å². The maximum absolute atomic E-state index is 12.6. The molecule has 26 heavy (non-hydrogen) atoms. The second-order valence-electron chi connectivity index (χ2n) is 7.52. The van der Waals surface area contributed by atoms with Crippen LogP contribution in [0.15, 0.2) is 30.3 Å². The van der Waals surface area contributed by atoms with Crippen LogP contribution in [0.25, 0.3) is 0 Å². The lowest BCUT2D eigenvalue weighted by atomic mass is 9.96. The van der Waals surface area contributed by atoms with Crippen LogP contribution in [0.2, 0.25) is 0 Å². The Balaban J connectivity index is 2.02. The molecular formula is C19H27N3O4. The number of amides is 3. The fraction of sp³-hybridized carbons (Fsp3) is 0.526. The Bertz CT molecular complexity index is 654. The van der Waals surface area contributed by atoms with Crippen molar-refractivity contribution >= 4 is 17.9 Å². The first-order valence-electron chi connectivity index (χ1n) is 8.80. The van der Waals surface area contributed by atoms with E-state index in [-0.39, 0.29) is 12.5 Å². The number of nitrogens with zero attached hydrogens (tertiary/aromatic N) is 1. The van der Waals surface area contributed by atoms with Crippen molar-refractivity contribution in [2.45, 2.75) is 45.3 Å². The minimum Gasteiger partial charge on any atom is -0.444 e. The van der Waals surface area contributed by atoms with Crippen molar-refractivity contribution in [1.29, 1.82) is 0 Å². The highest BCUT2D eigenvalue weighted by atomic mass is 16.6. The van der Waals surface area contributed by atoms with Gasteiger partial charge in [-0.2, -0.15) is 0 Å². The SMILES string of the molecule is CC(C)(C)OC(=O)N1CCC[C@H](C(=O)N[C@H](C(N)=O)c2ccccc2)C1. The monoisotopic (exact) mass is 361 g/mol. The largest absolute Gasteiger partial charge is 0.444 e. The predicted molar refractivity (Wildman–Crippen MR) is 97.1 cm³/mol. The number of nitrogens with two attached hydrogens (primary N) is 1. The van der Waals surface area contributed by atoms with Gasteiger partial charge in [-0.25, -0.2) is 4.79 Å². The molecule has 1 aliphatic rings. The first kappa shape index (κ1) is 19.8. The van der Waals surface area contributed by atoms with Gasteiger partial charge in [0.25, 0.3) is 0 Å². The number of hydrogen-bond donors (Lipinski definition) is 2. The average Bonchev–Trinajstić information content (AvgIpc) is 2.58. The molecule has 0 bridgehead atoms. The molecule has 3 N–H and O–H groups in total. The second kappa shape index (κ2) is 8.21. The third kappa shape index (κ3) is 5.47. The molecule has 7 heteroatoms.